The third-order valence-electron chi connectivity index (χ3n) is 1.04. The zero-order valence-corrected chi connectivity index (χ0v) is 11.2. The van der Waals surface area contributed by atoms with Crippen LogP contribution in [-0.4, -0.2) is 13.1 Å². The summed E-state index contributed by atoms with van der Waals surface area (Å²) < 4.78 is 1.38. The standard InChI is InChI=1S/C6H5AsI2O/c8-7(9)5-1-3-6(10)4-2-5/h1-4,10H. The van der Waals surface area contributed by atoms with Crippen LogP contribution in [0.4, 0.5) is 0 Å². The van der Waals surface area contributed by atoms with Gasteiger partial charge in [0.2, 0.25) is 0 Å². The summed E-state index contributed by atoms with van der Waals surface area (Å²) in [5, 5.41) is 8.95. The molecule has 0 heterocycles. The average molecular weight is 422 g/mol. The fourth-order valence-electron chi connectivity index (χ4n) is 0.565. The first-order chi connectivity index (χ1) is 4.70. The summed E-state index contributed by atoms with van der Waals surface area (Å²) in [6.07, 6.45) is 0. The second-order valence-corrected chi connectivity index (χ2v) is 23.4. The minimum atomic E-state index is -0.781. The molecule has 0 aromatic heterocycles. The molecule has 0 atom stereocenters. The van der Waals surface area contributed by atoms with Crippen LogP contribution in [0.15, 0.2) is 24.3 Å². The molecule has 1 rings (SSSR count). The molecule has 1 N–H and O–H groups in total. The van der Waals surface area contributed by atoms with Gasteiger partial charge >= 0.3 is 87.7 Å². The molecule has 0 saturated carbocycles. The van der Waals surface area contributed by atoms with Crippen molar-refractivity contribution in [3.05, 3.63) is 24.3 Å². The maximum atomic E-state index is 8.95. The number of hydrogen-bond donors (Lipinski definition) is 1. The van der Waals surface area contributed by atoms with Crippen LogP contribution in [0.5, 0.6) is 5.75 Å². The molecule has 0 unspecified atom stereocenters. The Morgan fingerprint density at radius 1 is 1.10 bits per heavy atom. The van der Waals surface area contributed by atoms with E-state index in [9.17, 15) is 0 Å². The van der Waals surface area contributed by atoms with Crippen LogP contribution in [0.3, 0.4) is 0 Å². The van der Waals surface area contributed by atoms with Gasteiger partial charge in [-0.2, -0.15) is 0 Å². The van der Waals surface area contributed by atoms with E-state index in [0.29, 0.717) is 5.75 Å². The molecule has 10 heavy (non-hydrogen) atoms. The van der Waals surface area contributed by atoms with E-state index in [1.165, 1.54) is 4.35 Å². The van der Waals surface area contributed by atoms with Gasteiger partial charge in [-0.05, 0) is 0 Å². The van der Waals surface area contributed by atoms with E-state index in [4.69, 9.17) is 5.11 Å². The number of phenols is 1. The first-order valence-electron chi connectivity index (χ1n) is 2.61. The Balaban J connectivity index is 2.89. The number of rotatable bonds is 1. The summed E-state index contributed by atoms with van der Waals surface area (Å²) in [7, 11) is -0.781. The van der Waals surface area contributed by atoms with Crippen LogP contribution < -0.4 is 4.35 Å². The van der Waals surface area contributed by atoms with Crippen LogP contribution >= 0.6 is 40.3 Å². The van der Waals surface area contributed by atoms with Crippen molar-refractivity contribution in [2.75, 3.05) is 0 Å². The summed E-state index contributed by atoms with van der Waals surface area (Å²) in [4.78, 5) is 0. The van der Waals surface area contributed by atoms with Crippen molar-refractivity contribution in [2.45, 2.75) is 0 Å². The summed E-state index contributed by atoms with van der Waals surface area (Å²) in [6, 6.07) is 7.48. The summed E-state index contributed by atoms with van der Waals surface area (Å²) in [5.74, 6) is 0.354. The zero-order chi connectivity index (χ0) is 7.56. The van der Waals surface area contributed by atoms with E-state index in [1.807, 2.05) is 12.1 Å². The van der Waals surface area contributed by atoms with E-state index in [-0.39, 0.29) is 0 Å². The normalized spacial score (nSPS) is 10.3. The molecule has 0 aliphatic heterocycles. The second kappa shape index (κ2) is 4.16. The average Bonchev–Trinajstić information content (AvgIpc) is 1.88. The van der Waals surface area contributed by atoms with E-state index < -0.39 is 7.95 Å². The van der Waals surface area contributed by atoms with E-state index >= 15 is 0 Å². The van der Waals surface area contributed by atoms with Crippen LogP contribution in [0.2, 0.25) is 0 Å². The fourth-order valence-corrected chi connectivity index (χ4v) is 4.69. The monoisotopic (exact) mass is 422 g/mol. The van der Waals surface area contributed by atoms with Gasteiger partial charge in [-0.1, -0.05) is 0 Å². The summed E-state index contributed by atoms with van der Waals surface area (Å²) in [5.41, 5.74) is 0. The van der Waals surface area contributed by atoms with Gasteiger partial charge in [0, 0.05) is 0 Å². The maximum absolute atomic E-state index is 8.95. The summed E-state index contributed by atoms with van der Waals surface area (Å²) in [6.45, 7) is 0. The Morgan fingerprint density at radius 2 is 1.60 bits per heavy atom. The molecule has 1 aromatic rings. The molecule has 0 saturated heterocycles. The second-order valence-electron chi connectivity index (χ2n) is 1.75. The van der Waals surface area contributed by atoms with Crippen molar-refractivity contribution in [1.29, 1.82) is 0 Å². The third kappa shape index (κ3) is 2.58. The number of benzene rings is 1. The summed E-state index contributed by atoms with van der Waals surface area (Å²) >= 11 is 4.94. The number of halogens is 2. The van der Waals surface area contributed by atoms with Crippen molar-refractivity contribution >= 4 is 52.6 Å². The van der Waals surface area contributed by atoms with Gasteiger partial charge in [0.1, 0.15) is 0 Å². The molecule has 54 valence electrons. The van der Waals surface area contributed by atoms with Crippen LogP contribution in [0, 0.1) is 0 Å². The van der Waals surface area contributed by atoms with Gasteiger partial charge in [0.05, 0.1) is 0 Å². The fraction of sp³-hybridized carbons (Fsp3) is 0. The van der Waals surface area contributed by atoms with Crippen LogP contribution in [0.1, 0.15) is 0 Å². The van der Waals surface area contributed by atoms with E-state index in [2.05, 4.69) is 40.3 Å². The molecule has 0 aliphatic carbocycles. The van der Waals surface area contributed by atoms with Crippen molar-refractivity contribution in [3.63, 3.8) is 0 Å². The van der Waals surface area contributed by atoms with Crippen molar-refractivity contribution in [2.24, 2.45) is 0 Å². The molecule has 0 radical (unpaired) electrons. The van der Waals surface area contributed by atoms with Crippen molar-refractivity contribution in [3.8, 4) is 5.75 Å². The Kier molecular flexibility index (Phi) is 3.80. The Morgan fingerprint density at radius 3 is 2.00 bits per heavy atom. The molecule has 0 amide bonds. The van der Waals surface area contributed by atoms with E-state index in [1.54, 1.807) is 12.1 Å². The Hall–Kier alpha value is 1.04. The molecule has 0 spiro atoms. The Bertz CT molecular complexity index is 209. The SMILES string of the molecule is Oc1ccc([As](I)I)cc1. The number of hydrogen-bond acceptors (Lipinski definition) is 1. The molecule has 1 nitrogen and oxygen atoms in total. The van der Waals surface area contributed by atoms with Crippen molar-refractivity contribution in [1.82, 2.24) is 0 Å². The number of phenolic OH excluding ortho intramolecular Hbond substituents is 1. The number of aromatic hydroxyl groups is 1. The van der Waals surface area contributed by atoms with Gasteiger partial charge in [0.25, 0.3) is 0 Å². The predicted octanol–water partition coefficient (Wildman–Crippen LogP) is 1.96. The molecular formula is C6H5AsI2O. The van der Waals surface area contributed by atoms with Gasteiger partial charge in [-0.3, -0.25) is 0 Å². The third-order valence-corrected chi connectivity index (χ3v) is 8.28. The molecule has 0 fully saturated rings. The predicted molar refractivity (Wildman–Crippen MR) is 61.5 cm³/mol. The molecule has 0 aliphatic rings. The van der Waals surface area contributed by atoms with Gasteiger partial charge in [-0.25, -0.2) is 0 Å². The molecule has 0 bridgehead atoms. The van der Waals surface area contributed by atoms with Crippen LogP contribution in [0.25, 0.3) is 0 Å². The topological polar surface area (TPSA) is 20.2 Å². The first kappa shape index (κ1) is 9.13. The van der Waals surface area contributed by atoms with Gasteiger partial charge < -0.3 is 0 Å². The first-order valence-corrected chi connectivity index (χ1v) is 15.0. The molecule has 1 aromatic carbocycles. The van der Waals surface area contributed by atoms with Crippen LogP contribution in [-0.2, 0) is 0 Å². The van der Waals surface area contributed by atoms with Gasteiger partial charge in [0.15, 0.2) is 0 Å². The molecule has 4 heteroatoms. The molecular weight excluding hydrogens is 417 g/mol. The van der Waals surface area contributed by atoms with Crippen molar-refractivity contribution < 1.29 is 5.11 Å². The zero-order valence-electron chi connectivity index (χ0n) is 4.96. The van der Waals surface area contributed by atoms with Gasteiger partial charge in [-0.15, -0.1) is 0 Å². The van der Waals surface area contributed by atoms with E-state index in [0.717, 1.165) is 0 Å². The quantitative estimate of drug-likeness (QED) is 0.543. The Labute approximate surface area is 86.5 Å². The minimum absolute atomic E-state index is 0.354.